The molecule has 0 atom stereocenters. The SMILES string of the molecule is O=C(NCc1ccccc1CN1CCOCC1)NC1CCCC1. The molecule has 0 unspecified atom stereocenters. The summed E-state index contributed by atoms with van der Waals surface area (Å²) in [6, 6.07) is 8.68. The summed E-state index contributed by atoms with van der Waals surface area (Å²) in [4.78, 5) is 14.4. The van der Waals surface area contributed by atoms with Crippen LogP contribution in [0.15, 0.2) is 24.3 Å². The van der Waals surface area contributed by atoms with Crippen LogP contribution >= 0.6 is 0 Å². The van der Waals surface area contributed by atoms with Gasteiger partial charge in [-0.1, -0.05) is 37.1 Å². The second-order valence-electron chi connectivity index (χ2n) is 6.47. The first-order valence-electron chi connectivity index (χ1n) is 8.72. The molecule has 1 aliphatic heterocycles. The summed E-state index contributed by atoms with van der Waals surface area (Å²) >= 11 is 0. The number of ether oxygens (including phenoxy) is 1. The zero-order chi connectivity index (χ0) is 15.9. The van der Waals surface area contributed by atoms with Crippen LogP contribution in [-0.4, -0.2) is 43.3 Å². The maximum Gasteiger partial charge on any atom is 0.315 e. The molecule has 1 heterocycles. The van der Waals surface area contributed by atoms with Crippen molar-refractivity contribution in [3.05, 3.63) is 35.4 Å². The van der Waals surface area contributed by atoms with Gasteiger partial charge in [0.2, 0.25) is 0 Å². The summed E-state index contributed by atoms with van der Waals surface area (Å²) in [5, 5.41) is 6.08. The van der Waals surface area contributed by atoms with Crippen molar-refractivity contribution in [3.8, 4) is 0 Å². The predicted molar refractivity (Wildman–Crippen MR) is 90.2 cm³/mol. The Morgan fingerprint density at radius 1 is 1.13 bits per heavy atom. The number of hydrogen-bond acceptors (Lipinski definition) is 3. The molecule has 0 spiro atoms. The topological polar surface area (TPSA) is 53.6 Å². The second-order valence-corrected chi connectivity index (χ2v) is 6.47. The molecule has 2 fully saturated rings. The first-order chi connectivity index (χ1) is 11.3. The van der Waals surface area contributed by atoms with Crippen LogP contribution in [0, 0.1) is 0 Å². The fraction of sp³-hybridized carbons (Fsp3) is 0.611. The maximum atomic E-state index is 12.0. The minimum atomic E-state index is -0.0434. The number of carbonyl (C=O) groups is 1. The fourth-order valence-electron chi connectivity index (χ4n) is 3.37. The van der Waals surface area contributed by atoms with E-state index in [4.69, 9.17) is 4.74 Å². The Bertz CT molecular complexity index is 509. The number of hydrogen-bond donors (Lipinski definition) is 2. The van der Waals surface area contributed by atoms with E-state index in [1.165, 1.54) is 24.0 Å². The molecule has 2 N–H and O–H groups in total. The van der Waals surface area contributed by atoms with E-state index in [-0.39, 0.29) is 6.03 Å². The number of benzene rings is 1. The molecule has 1 aromatic carbocycles. The van der Waals surface area contributed by atoms with Gasteiger partial charge in [-0.3, -0.25) is 4.90 Å². The molecule has 1 saturated carbocycles. The first kappa shape index (κ1) is 16.3. The van der Waals surface area contributed by atoms with Gasteiger partial charge in [0, 0.05) is 32.2 Å². The van der Waals surface area contributed by atoms with Gasteiger partial charge in [0.05, 0.1) is 13.2 Å². The van der Waals surface area contributed by atoms with Crippen molar-refractivity contribution in [2.75, 3.05) is 26.3 Å². The first-order valence-corrected chi connectivity index (χ1v) is 8.72. The summed E-state index contributed by atoms with van der Waals surface area (Å²) in [6.45, 7) is 5.08. The Labute approximate surface area is 138 Å². The quantitative estimate of drug-likeness (QED) is 0.876. The number of rotatable bonds is 5. The van der Waals surface area contributed by atoms with Crippen LogP contribution in [0.25, 0.3) is 0 Å². The molecule has 0 aromatic heterocycles. The van der Waals surface area contributed by atoms with Gasteiger partial charge in [0.15, 0.2) is 0 Å². The van der Waals surface area contributed by atoms with Crippen molar-refractivity contribution in [3.63, 3.8) is 0 Å². The molecule has 5 heteroatoms. The molecule has 126 valence electrons. The van der Waals surface area contributed by atoms with Crippen LogP contribution in [0.5, 0.6) is 0 Å². The van der Waals surface area contributed by atoms with Gasteiger partial charge in [0.25, 0.3) is 0 Å². The lowest BCUT2D eigenvalue weighted by atomic mass is 10.1. The number of urea groups is 1. The van der Waals surface area contributed by atoms with E-state index >= 15 is 0 Å². The Kier molecular flexibility index (Phi) is 5.88. The number of amides is 2. The average molecular weight is 317 g/mol. The van der Waals surface area contributed by atoms with Crippen LogP contribution in [0.1, 0.15) is 36.8 Å². The smallest absolute Gasteiger partial charge is 0.315 e. The standard InChI is InChI=1S/C18H27N3O2/c22-18(20-17-7-3-4-8-17)19-13-15-5-1-2-6-16(15)14-21-9-11-23-12-10-21/h1-2,5-6,17H,3-4,7-14H2,(H2,19,20,22). The number of morpholine rings is 1. The molecule has 5 nitrogen and oxygen atoms in total. The summed E-state index contributed by atoms with van der Waals surface area (Å²) < 4.78 is 5.40. The summed E-state index contributed by atoms with van der Waals surface area (Å²) in [7, 11) is 0. The Morgan fingerprint density at radius 2 is 1.83 bits per heavy atom. The summed E-state index contributed by atoms with van der Waals surface area (Å²) in [6.07, 6.45) is 4.68. The van der Waals surface area contributed by atoms with Crippen molar-refractivity contribution in [1.29, 1.82) is 0 Å². The van der Waals surface area contributed by atoms with Gasteiger partial charge in [-0.25, -0.2) is 4.79 Å². The Hall–Kier alpha value is -1.59. The predicted octanol–water partition coefficient (Wildman–Crippen LogP) is 2.26. The largest absolute Gasteiger partial charge is 0.379 e. The van der Waals surface area contributed by atoms with Gasteiger partial charge >= 0.3 is 6.03 Å². The van der Waals surface area contributed by atoms with E-state index in [0.29, 0.717) is 12.6 Å². The van der Waals surface area contributed by atoms with E-state index in [2.05, 4.69) is 33.7 Å². The van der Waals surface area contributed by atoms with Crippen LogP contribution in [0.4, 0.5) is 4.79 Å². The minimum Gasteiger partial charge on any atom is -0.379 e. The van der Waals surface area contributed by atoms with Crippen molar-refractivity contribution >= 4 is 6.03 Å². The van der Waals surface area contributed by atoms with Gasteiger partial charge in [-0.15, -0.1) is 0 Å². The number of nitrogens with zero attached hydrogens (tertiary/aromatic N) is 1. The van der Waals surface area contributed by atoms with Gasteiger partial charge < -0.3 is 15.4 Å². The van der Waals surface area contributed by atoms with E-state index in [1.54, 1.807) is 0 Å². The lowest BCUT2D eigenvalue weighted by Crippen LogP contribution is -2.40. The molecule has 3 rings (SSSR count). The zero-order valence-corrected chi connectivity index (χ0v) is 13.7. The maximum absolute atomic E-state index is 12.0. The monoisotopic (exact) mass is 317 g/mol. The van der Waals surface area contributed by atoms with Crippen molar-refractivity contribution < 1.29 is 9.53 Å². The summed E-state index contributed by atoms with van der Waals surface area (Å²) in [5.41, 5.74) is 2.48. The number of carbonyl (C=O) groups excluding carboxylic acids is 1. The molecule has 0 bridgehead atoms. The highest BCUT2D eigenvalue weighted by Crippen LogP contribution is 2.17. The third-order valence-electron chi connectivity index (χ3n) is 4.75. The lowest BCUT2D eigenvalue weighted by molar-refractivity contribution is 0.0341. The van der Waals surface area contributed by atoms with E-state index < -0.39 is 0 Å². The average Bonchev–Trinajstić information content (AvgIpc) is 3.08. The van der Waals surface area contributed by atoms with E-state index in [0.717, 1.165) is 45.7 Å². The molecule has 2 aliphatic rings. The normalized spacial score (nSPS) is 19.7. The van der Waals surface area contributed by atoms with E-state index in [9.17, 15) is 4.79 Å². The molecule has 0 radical (unpaired) electrons. The van der Waals surface area contributed by atoms with Crippen molar-refractivity contribution in [1.82, 2.24) is 15.5 Å². The van der Waals surface area contributed by atoms with E-state index in [1.807, 2.05) is 6.07 Å². The highest BCUT2D eigenvalue weighted by Gasteiger charge is 2.17. The van der Waals surface area contributed by atoms with Crippen LogP contribution in [-0.2, 0) is 17.8 Å². The highest BCUT2D eigenvalue weighted by atomic mass is 16.5. The summed E-state index contributed by atoms with van der Waals surface area (Å²) in [5.74, 6) is 0. The third-order valence-corrected chi connectivity index (χ3v) is 4.75. The minimum absolute atomic E-state index is 0.0434. The Balaban J connectivity index is 1.51. The van der Waals surface area contributed by atoms with Crippen LogP contribution < -0.4 is 10.6 Å². The van der Waals surface area contributed by atoms with Crippen LogP contribution in [0.3, 0.4) is 0 Å². The van der Waals surface area contributed by atoms with Crippen LogP contribution in [0.2, 0.25) is 0 Å². The van der Waals surface area contributed by atoms with Gasteiger partial charge in [0.1, 0.15) is 0 Å². The second kappa shape index (κ2) is 8.31. The molecule has 1 aromatic rings. The van der Waals surface area contributed by atoms with Crippen molar-refractivity contribution in [2.24, 2.45) is 0 Å². The molecule has 2 amide bonds. The fourth-order valence-corrected chi connectivity index (χ4v) is 3.37. The number of nitrogens with one attached hydrogen (secondary N) is 2. The Morgan fingerprint density at radius 3 is 2.57 bits per heavy atom. The lowest BCUT2D eigenvalue weighted by Gasteiger charge is -2.27. The molecule has 1 aliphatic carbocycles. The molecular weight excluding hydrogens is 290 g/mol. The highest BCUT2D eigenvalue weighted by molar-refractivity contribution is 5.74. The van der Waals surface area contributed by atoms with Gasteiger partial charge in [-0.2, -0.15) is 0 Å². The van der Waals surface area contributed by atoms with Gasteiger partial charge in [-0.05, 0) is 24.0 Å². The molecule has 1 saturated heterocycles. The molecule has 23 heavy (non-hydrogen) atoms. The third kappa shape index (κ3) is 4.94. The van der Waals surface area contributed by atoms with Crippen molar-refractivity contribution in [2.45, 2.75) is 44.8 Å². The molecular formula is C18H27N3O2. The zero-order valence-electron chi connectivity index (χ0n) is 13.7.